The highest BCUT2D eigenvalue weighted by atomic mass is 16.7. The van der Waals surface area contributed by atoms with E-state index in [2.05, 4.69) is 4.74 Å². The van der Waals surface area contributed by atoms with Gasteiger partial charge >= 0.3 is 6.16 Å². The summed E-state index contributed by atoms with van der Waals surface area (Å²) in [6, 6.07) is 14.9. The van der Waals surface area contributed by atoms with E-state index in [0.29, 0.717) is 5.56 Å². The molecule has 0 saturated carbocycles. The number of hydrogen-bond donors (Lipinski definition) is 1. The smallest absolute Gasteiger partial charge is 0.449 e. The number of rotatable bonds is 3. The highest BCUT2D eigenvalue weighted by Crippen LogP contribution is 2.21. The zero-order valence-corrected chi connectivity index (χ0v) is 9.37. The molecule has 0 amide bonds. The first-order chi connectivity index (χ1) is 8.68. The van der Waals surface area contributed by atoms with Crippen LogP contribution < -0.4 is 4.74 Å². The molecule has 0 spiro atoms. The predicted octanol–water partition coefficient (Wildman–Crippen LogP) is 2.97. The fourth-order valence-electron chi connectivity index (χ4n) is 1.58. The Morgan fingerprint density at radius 3 is 2.17 bits per heavy atom. The molecule has 0 radical (unpaired) electrons. The summed E-state index contributed by atoms with van der Waals surface area (Å²) in [5, 5.41) is 8.61. The number of carboxylic acid groups (broad SMARTS) is 1. The zero-order valence-electron chi connectivity index (χ0n) is 9.37. The van der Waals surface area contributed by atoms with Crippen LogP contribution in [0.1, 0.15) is 15.9 Å². The van der Waals surface area contributed by atoms with Gasteiger partial charge in [-0.3, -0.25) is 4.79 Å². The number of hydrogen-bond acceptors (Lipinski definition) is 3. The summed E-state index contributed by atoms with van der Waals surface area (Å²) >= 11 is 0. The van der Waals surface area contributed by atoms with Crippen LogP contribution in [0, 0.1) is 0 Å². The van der Waals surface area contributed by atoms with Gasteiger partial charge in [0, 0.05) is 5.56 Å². The van der Waals surface area contributed by atoms with E-state index in [1.807, 2.05) is 0 Å². The van der Waals surface area contributed by atoms with E-state index in [1.165, 1.54) is 12.1 Å². The van der Waals surface area contributed by atoms with Gasteiger partial charge in [-0.05, 0) is 12.1 Å². The van der Waals surface area contributed by atoms with Crippen LogP contribution in [0.5, 0.6) is 5.75 Å². The first kappa shape index (κ1) is 11.9. The Labute approximate surface area is 103 Å². The van der Waals surface area contributed by atoms with Crippen molar-refractivity contribution >= 4 is 11.9 Å². The average molecular weight is 242 g/mol. The molecule has 18 heavy (non-hydrogen) atoms. The van der Waals surface area contributed by atoms with E-state index in [9.17, 15) is 9.59 Å². The molecule has 2 rings (SSSR count). The van der Waals surface area contributed by atoms with Gasteiger partial charge in [-0.15, -0.1) is 0 Å². The maximum atomic E-state index is 12.2. The molecule has 2 aromatic carbocycles. The molecule has 0 heterocycles. The summed E-state index contributed by atoms with van der Waals surface area (Å²) in [4.78, 5) is 22.7. The molecule has 4 heteroatoms. The second-order valence-corrected chi connectivity index (χ2v) is 3.56. The number of carbonyl (C=O) groups excluding carboxylic acids is 1. The van der Waals surface area contributed by atoms with Crippen LogP contribution in [0.3, 0.4) is 0 Å². The predicted molar refractivity (Wildman–Crippen MR) is 65.0 cm³/mol. The maximum absolute atomic E-state index is 12.2. The maximum Gasteiger partial charge on any atom is 0.511 e. The van der Waals surface area contributed by atoms with Crippen LogP contribution in [0.15, 0.2) is 54.6 Å². The molecule has 0 atom stereocenters. The Hall–Kier alpha value is -2.62. The lowest BCUT2D eigenvalue weighted by atomic mass is 10.0. The van der Waals surface area contributed by atoms with Crippen molar-refractivity contribution in [2.75, 3.05) is 0 Å². The van der Waals surface area contributed by atoms with Gasteiger partial charge < -0.3 is 9.84 Å². The minimum Gasteiger partial charge on any atom is -0.449 e. The van der Waals surface area contributed by atoms with Gasteiger partial charge in [-0.1, -0.05) is 42.5 Å². The number of benzene rings is 2. The van der Waals surface area contributed by atoms with E-state index in [0.717, 1.165) is 0 Å². The Morgan fingerprint density at radius 2 is 1.50 bits per heavy atom. The summed E-state index contributed by atoms with van der Waals surface area (Å²) in [6.45, 7) is 0. The van der Waals surface area contributed by atoms with Crippen molar-refractivity contribution in [3.05, 3.63) is 65.7 Å². The van der Waals surface area contributed by atoms with Gasteiger partial charge in [0.15, 0.2) is 5.78 Å². The highest BCUT2D eigenvalue weighted by molar-refractivity contribution is 6.10. The topological polar surface area (TPSA) is 63.6 Å². The van der Waals surface area contributed by atoms with Crippen LogP contribution in [0.25, 0.3) is 0 Å². The van der Waals surface area contributed by atoms with E-state index < -0.39 is 6.16 Å². The van der Waals surface area contributed by atoms with E-state index in [4.69, 9.17) is 5.11 Å². The molecular formula is C14H10O4. The minimum atomic E-state index is -1.44. The molecule has 1 N–H and O–H groups in total. The second kappa shape index (κ2) is 5.14. The van der Waals surface area contributed by atoms with Crippen molar-refractivity contribution in [2.24, 2.45) is 0 Å². The van der Waals surface area contributed by atoms with Crippen molar-refractivity contribution < 1.29 is 19.4 Å². The Morgan fingerprint density at radius 1 is 0.889 bits per heavy atom. The molecule has 0 unspecified atom stereocenters. The van der Waals surface area contributed by atoms with Gasteiger partial charge in [0.2, 0.25) is 0 Å². The van der Waals surface area contributed by atoms with E-state index in [1.54, 1.807) is 42.5 Å². The van der Waals surface area contributed by atoms with Gasteiger partial charge in [0.1, 0.15) is 5.75 Å². The van der Waals surface area contributed by atoms with Crippen molar-refractivity contribution in [2.45, 2.75) is 0 Å². The zero-order chi connectivity index (χ0) is 13.0. The van der Waals surface area contributed by atoms with Gasteiger partial charge in [-0.2, -0.15) is 0 Å². The first-order valence-electron chi connectivity index (χ1n) is 5.28. The molecule has 2 aromatic rings. The Bertz CT molecular complexity index is 575. The summed E-state index contributed by atoms with van der Waals surface area (Å²) in [7, 11) is 0. The molecule has 0 aliphatic rings. The fraction of sp³-hybridized carbons (Fsp3) is 0. The molecule has 0 bridgehead atoms. The highest BCUT2D eigenvalue weighted by Gasteiger charge is 2.15. The quantitative estimate of drug-likeness (QED) is 0.510. The van der Waals surface area contributed by atoms with Gasteiger partial charge in [0.25, 0.3) is 0 Å². The van der Waals surface area contributed by atoms with Crippen molar-refractivity contribution in [3.8, 4) is 5.75 Å². The summed E-state index contributed by atoms with van der Waals surface area (Å²) < 4.78 is 4.58. The molecule has 0 aromatic heterocycles. The normalized spacial score (nSPS) is 9.78. The van der Waals surface area contributed by atoms with Gasteiger partial charge in [-0.25, -0.2) is 4.79 Å². The summed E-state index contributed by atoms with van der Waals surface area (Å²) in [5.74, 6) is -0.230. The standard InChI is InChI=1S/C14H10O4/c15-13(10-6-2-1-3-7-10)11-8-4-5-9-12(11)18-14(16)17/h1-9H,(H,16,17). The lowest BCUT2D eigenvalue weighted by molar-refractivity contribution is 0.103. The van der Waals surface area contributed by atoms with Crippen LogP contribution in [0.2, 0.25) is 0 Å². The summed E-state index contributed by atoms with van der Waals surface area (Å²) in [5.41, 5.74) is 0.713. The van der Waals surface area contributed by atoms with E-state index in [-0.39, 0.29) is 17.1 Å². The Balaban J connectivity index is 2.39. The number of carbonyl (C=O) groups is 2. The van der Waals surface area contributed by atoms with Crippen LogP contribution in [0.4, 0.5) is 4.79 Å². The fourth-order valence-corrected chi connectivity index (χ4v) is 1.58. The molecular weight excluding hydrogens is 232 g/mol. The molecule has 0 aliphatic heterocycles. The Kier molecular flexibility index (Phi) is 3.38. The van der Waals surface area contributed by atoms with Crippen molar-refractivity contribution in [3.63, 3.8) is 0 Å². The molecule has 0 aliphatic carbocycles. The largest absolute Gasteiger partial charge is 0.511 e. The lowest BCUT2D eigenvalue weighted by Gasteiger charge is -2.06. The van der Waals surface area contributed by atoms with Crippen LogP contribution >= 0.6 is 0 Å². The second-order valence-electron chi connectivity index (χ2n) is 3.56. The number of ether oxygens (including phenoxy) is 1. The minimum absolute atomic E-state index is 0.0406. The third-order valence-electron chi connectivity index (χ3n) is 2.36. The van der Waals surface area contributed by atoms with Crippen LogP contribution in [-0.4, -0.2) is 17.0 Å². The SMILES string of the molecule is O=C(O)Oc1ccccc1C(=O)c1ccccc1. The van der Waals surface area contributed by atoms with Crippen molar-refractivity contribution in [1.29, 1.82) is 0 Å². The summed E-state index contributed by atoms with van der Waals surface area (Å²) in [6.07, 6.45) is -1.44. The lowest BCUT2D eigenvalue weighted by Crippen LogP contribution is -2.09. The number of para-hydroxylation sites is 1. The third-order valence-corrected chi connectivity index (χ3v) is 2.36. The molecule has 90 valence electrons. The average Bonchev–Trinajstić information content (AvgIpc) is 2.39. The molecule has 4 nitrogen and oxygen atoms in total. The third kappa shape index (κ3) is 2.55. The van der Waals surface area contributed by atoms with Crippen molar-refractivity contribution in [1.82, 2.24) is 0 Å². The van der Waals surface area contributed by atoms with Crippen LogP contribution in [-0.2, 0) is 0 Å². The van der Waals surface area contributed by atoms with E-state index >= 15 is 0 Å². The van der Waals surface area contributed by atoms with Gasteiger partial charge in [0.05, 0.1) is 5.56 Å². The monoisotopic (exact) mass is 242 g/mol. The molecule has 0 fully saturated rings. The molecule has 0 saturated heterocycles. The number of ketones is 1. The first-order valence-corrected chi connectivity index (χ1v) is 5.28.